The first-order chi connectivity index (χ1) is 9.75. The van der Waals surface area contributed by atoms with Crippen LogP contribution in [0.1, 0.15) is 35.0 Å². The summed E-state index contributed by atoms with van der Waals surface area (Å²) in [5, 5.41) is 17.2. The molecule has 1 aliphatic heterocycles. The molecular formula is C14H14N2O4. The summed E-state index contributed by atoms with van der Waals surface area (Å²) in [6, 6.07) is 6.60. The molecule has 1 N–H and O–H groups in total. The maximum absolute atomic E-state index is 11.2. The van der Waals surface area contributed by atoms with E-state index in [0.29, 0.717) is 18.1 Å². The number of carbonyl (C=O) groups is 1. The minimum Gasteiger partial charge on any atom is -0.478 e. The van der Waals surface area contributed by atoms with Gasteiger partial charge in [-0.3, -0.25) is 0 Å². The van der Waals surface area contributed by atoms with E-state index in [1.165, 1.54) is 6.07 Å². The summed E-state index contributed by atoms with van der Waals surface area (Å²) < 4.78 is 11.0. The highest BCUT2D eigenvalue weighted by molar-refractivity contribution is 5.94. The fraction of sp³-hybridized carbons (Fsp3) is 0.357. The average molecular weight is 274 g/mol. The standard InChI is InChI=1S/C14H14N2O4/c17-14(18)11-6-2-1-5-10(11)13-16-15-12(20-13)9-4-3-7-19-8-9/h1-2,5-6,9H,3-4,7-8H2,(H,17,18). The molecule has 3 rings (SSSR count). The highest BCUT2D eigenvalue weighted by Crippen LogP contribution is 2.28. The number of ether oxygens (including phenoxy) is 1. The summed E-state index contributed by atoms with van der Waals surface area (Å²) >= 11 is 0. The molecule has 2 aromatic rings. The van der Waals surface area contributed by atoms with E-state index in [1.807, 2.05) is 0 Å². The van der Waals surface area contributed by atoms with Crippen molar-refractivity contribution >= 4 is 5.97 Å². The summed E-state index contributed by atoms with van der Waals surface area (Å²) in [5.41, 5.74) is 0.595. The monoisotopic (exact) mass is 274 g/mol. The van der Waals surface area contributed by atoms with Gasteiger partial charge in [0.15, 0.2) is 0 Å². The molecule has 0 bridgehead atoms. The Kier molecular flexibility index (Phi) is 3.47. The first-order valence-corrected chi connectivity index (χ1v) is 6.49. The molecule has 1 atom stereocenters. The van der Waals surface area contributed by atoms with Gasteiger partial charge in [0.2, 0.25) is 11.8 Å². The Bertz CT molecular complexity index is 617. The predicted molar refractivity (Wildman–Crippen MR) is 69.5 cm³/mol. The predicted octanol–water partition coefficient (Wildman–Crippen LogP) is 2.33. The van der Waals surface area contributed by atoms with Crippen molar-refractivity contribution < 1.29 is 19.1 Å². The SMILES string of the molecule is O=C(O)c1ccccc1-c1nnc(C2CCCOC2)o1. The number of aromatic carboxylic acids is 1. The van der Waals surface area contributed by atoms with E-state index in [-0.39, 0.29) is 17.4 Å². The first-order valence-electron chi connectivity index (χ1n) is 6.49. The van der Waals surface area contributed by atoms with E-state index in [9.17, 15) is 9.90 Å². The lowest BCUT2D eigenvalue weighted by Gasteiger charge is -2.18. The second-order valence-corrected chi connectivity index (χ2v) is 4.71. The minimum absolute atomic E-state index is 0.0991. The highest BCUT2D eigenvalue weighted by Gasteiger charge is 2.23. The topological polar surface area (TPSA) is 85.5 Å². The van der Waals surface area contributed by atoms with Crippen LogP contribution in [0.15, 0.2) is 28.7 Å². The van der Waals surface area contributed by atoms with Gasteiger partial charge in [-0.15, -0.1) is 10.2 Å². The fourth-order valence-corrected chi connectivity index (χ4v) is 2.30. The lowest BCUT2D eigenvalue weighted by Crippen LogP contribution is -2.15. The maximum atomic E-state index is 11.2. The van der Waals surface area contributed by atoms with Gasteiger partial charge in [-0.2, -0.15) is 0 Å². The van der Waals surface area contributed by atoms with Crippen LogP contribution >= 0.6 is 0 Å². The van der Waals surface area contributed by atoms with Crippen molar-refractivity contribution in [2.75, 3.05) is 13.2 Å². The Morgan fingerprint density at radius 2 is 2.15 bits per heavy atom. The van der Waals surface area contributed by atoms with E-state index in [4.69, 9.17) is 9.15 Å². The molecule has 0 aliphatic carbocycles. The third-order valence-corrected chi connectivity index (χ3v) is 3.34. The third kappa shape index (κ3) is 2.42. The van der Waals surface area contributed by atoms with Gasteiger partial charge < -0.3 is 14.3 Å². The number of rotatable bonds is 3. The number of hydrogen-bond donors (Lipinski definition) is 1. The van der Waals surface area contributed by atoms with Crippen molar-refractivity contribution in [3.8, 4) is 11.5 Å². The smallest absolute Gasteiger partial charge is 0.336 e. The molecule has 6 heteroatoms. The second kappa shape index (κ2) is 5.42. The Morgan fingerprint density at radius 1 is 1.30 bits per heavy atom. The van der Waals surface area contributed by atoms with Gasteiger partial charge in [0.05, 0.1) is 23.7 Å². The summed E-state index contributed by atoms with van der Waals surface area (Å²) in [7, 11) is 0. The van der Waals surface area contributed by atoms with Crippen LogP contribution in [0.5, 0.6) is 0 Å². The average Bonchev–Trinajstić information content (AvgIpc) is 2.98. The van der Waals surface area contributed by atoms with Gasteiger partial charge in [0.25, 0.3) is 0 Å². The molecule has 0 amide bonds. The molecule has 1 aromatic heterocycles. The molecule has 1 fully saturated rings. The lowest BCUT2D eigenvalue weighted by molar-refractivity contribution is 0.0696. The van der Waals surface area contributed by atoms with Gasteiger partial charge in [0, 0.05) is 6.61 Å². The number of carboxylic acid groups (broad SMARTS) is 1. The number of nitrogens with zero attached hydrogens (tertiary/aromatic N) is 2. The van der Waals surface area contributed by atoms with Gasteiger partial charge in [-0.05, 0) is 25.0 Å². The van der Waals surface area contributed by atoms with E-state index >= 15 is 0 Å². The molecule has 104 valence electrons. The zero-order valence-corrected chi connectivity index (χ0v) is 10.8. The summed E-state index contributed by atoms with van der Waals surface area (Å²) in [5.74, 6) is -0.160. The number of carboxylic acids is 1. The van der Waals surface area contributed by atoms with E-state index in [2.05, 4.69) is 10.2 Å². The molecular weight excluding hydrogens is 260 g/mol. The Labute approximate surface area is 115 Å². The fourth-order valence-electron chi connectivity index (χ4n) is 2.30. The van der Waals surface area contributed by atoms with Crippen molar-refractivity contribution in [2.45, 2.75) is 18.8 Å². The molecule has 6 nitrogen and oxygen atoms in total. The maximum Gasteiger partial charge on any atom is 0.336 e. The van der Waals surface area contributed by atoms with Crippen LogP contribution in [0.25, 0.3) is 11.5 Å². The Morgan fingerprint density at radius 3 is 2.90 bits per heavy atom. The zero-order chi connectivity index (χ0) is 13.9. The van der Waals surface area contributed by atoms with Crippen LogP contribution < -0.4 is 0 Å². The molecule has 1 aliphatic rings. The molecule has 1 unspecified atom stereocenters. The van der Waals surface area contributed by atoms with Gasteiger partial charge in [-0.25, -0.2) is 4.79 Å². The molecule has 1 saturated heterocycles. The molecule has 20 heavy (non-hydrogen) atoms. The van der Waals surface area contributed by atoms with Crippen molar-refractivity contribution in [1.82, 2.24) is 10.2 Å². The Balaban J connectivity index is 1.92. The normalized spacial score (nSPS) is 18.9. The number of hydrogen-bond acceptors (Lipinski definition) is 5. The van der Waals surface area contributed by atoms with Crippen LogP contribution in [0, 0.1) is 0 Å². The van der Waals surface area contributed by atoms with Crippen LogP contribution in [-0.2, 0) is 4.74 Å². The first kappa shape index (κ1) is 12.8. The molecule has 1 aromatic carbocycles. The van der Waals surface area contributed by atoms with E-state index in [0.717, 1.165) is 19.4 Å². The van der Waals surface area contributed by atoms with E-state index in [1.54, 1.807) is 18.2 Å². The van der Waals surface area contributed by atoms with Crippen LogP contribution in [-0.4, -0.2) is 34.5 Å². The summed E-state index contributed by atoms with van der Waals surface area (Å²) in [6.07, 6.45) is 1.91. The van der Waals surface area contributed by atoms with Crippen molar-refractivity contribution in [1.29, 1.82) is 0 Å². The molecule has 0 radical (unpaired) electrons. The van der Waals surface area contributed by atoms with Crippen LogP contribution in [0.3, 0.4) is 0 Å². The van der Waals surface area contributed by atoms with Crippen molar-refractivity contribution in [3.05, 3.63) is 35.7 Å². The van der Waals surface area contributed by atoms with Gasteiger partial charge >= 0.3 is 5.97 Å². The largest absolute Gasteiger partial charge is 0.478 e. The third-order valence-electron chi connectivity index (χ3n) is 3.34. The summed E-state index contributed by atoms with van der Waals surface area (Å²) in [6.45, 7) is 1.33. The zero-order valence-electron chi connectivity index (χ0n) is 10.8. The quantitative estimate of drug-likeness (QED) is 0.924. The van der Waals surface area contributed by atoms with Gasteiger partial charge in [-0.1, -0.05) is 12.1 Å². The molecule has 0 saturated carbocycles. The van der Waals surface area contributed by atoms with Crippen molar-refractivity contribution in [2.24, 2.45) is 0 Å². The minimum atomic E-state index is -1.01. The Hall–Kier alpha value is -2.21. The van der Waals surface area contributed by atoms with Crippen LogP contribution in [0.4, 0.5) is 0 Å². The number of benzene rings is 1. The summed E-state index contributed by atoms with van der Waals surface area (Å²) in [4.78, 5) is 11.2. The van der Waals surface area contributed by atoms with Crippen LogP contribution in [0.2, 0.25) is 0 Å². The molecule has 0 spiro atoms. The van der Waals surface area contributed by atoms with E-state index < -0.39 is 5.97 Å². The van der Waals surface area contributed by atoms with Crippen molar-refractivity contribution in [3.63, 3.8) is 0 Å². The lowest BCUT2D eigenvalue weighted by atomic mass is 10.0. The molecule has 2 heterocycles. The highest BCUT2D eigenvalue weighted by atomic mass is 16.5. The van der Waals surface area contributed by atoms with Gasteiger partial charge in [0.1, 0.15) is 0 Å². The number of aromatic nitrogens is 2. The second-order valence-electron chi connectivity index (χ2n) is 4.71.